The van der Waals surface area contributed by atoms with E-state index >= 15 is 0 Å². The molecule has 0 spiro atoms. The van der Waals surface area contributed by atoms with Gasteiger partial charge in [0.05, 0.1) is 5.41 Å². The number of carbonyl (C=O) groups excluding carboxylic acids is 1. The fourth-order valence-corrected chi connectivity index (χ4v) is 4.62. The summed E-state index contributed by atoms with van der Waals surface area (Å²) in [5.74, 6) is 0.102. The summed E-state index contributed by atoms with van der Waals surface area (Å²) in [6.07, 6.45) is 7.17. The molecule has 2 saturated carbocycles. The minimum absolute atomic E-state index is 0.0517. The monoisotopic (exact) mass is 294 g/mol. The highest BCUT2D eigenvalue weighted by Crippen LogP contribution is 2.48. The van der Waals surface area contributed by atoms with Crippen molar-refractivity contribution in [3.8, 4) is 0 Å². The van der Waals surface area contributed by atoms with E-state index in [1.54, 1.807) is 4.90 Å². The predicted octanol–water partition coefficient (Wildman–Crippen LogP) is 2.46. The minimum atomic E-state index is -0.716. The molecule has 3 rings (SSSR count). The van der Waals surface area contributed by atoms with E-state index in [1.807, 2.05) is 0 Å². The number of amides is 2. The average Bonchev–Trinajstić information content (AvgIpc) is 2.95. The van der Waals surface area contributed by atoms with Crippen molar-refractivity contribution >= 4 is 12.0 Å². The number of aliphatic carboxylic acids is 1. The predicted molar refractivity (Wildman–Crippen MR) is 78.9 cm³/mol. The van der Waals surface area contributed by atoms with Gasteiger partial charge in [0.2, 0.25) is 0 Å². The van der Waals surface area contributed by atoms with Crippen molar-refractivity contribution in [1.29, 1.82) is 0 Å². The maximum absolute atomic E-state index is 12.4. The summed E-state index contributed by atoms with van der Waals surface area (Å²) in [6, 6.07) is 0.214. The second-order valence-electron chi connectivity index (χ2n) is 7.35. The summed E-state index contributed by atoms with van der Waals surface area (Å²) in [7, 11) is 0. The average molecular weight is 294 g/mol. The van der Waals surface area contributed by atoms with Crippen LogP contribution in [0.2, 0.25) is 0 Å². The fraction of sp³-hybridized carbons (Fsp3) is 0.875. The second-order valence-corrected chi connectivity index (χ2v) is 7.35. The van der Waals surface area contributed by atoms with Gasteiger partial charge in [-0.25, -0.2) is 4.79 Å². The van der Waals surface area contributed by atoms with Gasteiger partial charge in [-0.2, -0.15) is 0 Å². The number of fused-ring (bicyclic) bond motifs is 1. The number of hydrogen-bond acceptors (Lipinski definition) is 2. The summed E-state index contributed by atoms with van der Waals surface area (Å²) < 4.78 is 0. The molecule has 5 heteroatoms. The molecule has 1 aliphatic heterocycles. The molecule has 0 aromatic carbocycles. The number of urea groups is 1. The molecule has 2 N–H and O–H groups in total. The molecule has 0 aromatic heterocycles. The van der Waals surface area contributed by atoms with Crippen molar-refractivity contribution in [2.24, 2.45) is 17.3 Å². The van der Waals surface area contributed by atoms with Crippen LogP contribution in [0.25, 0.3) is 0 Å². The summed E-state index contributed by atoms with van der Waals surface area (Å²) in [5, 5.41) is 12.7. The molecule has 21 heavy (non-hydrogen) atoms. The van der Waals surface area contributed by atoms with Crippen LogP contribution in [0.3, 0.4) is 0 Å². The molecule has 3 aliphatic rings. The van der Waals surface area contributed by atoms with E-state index in [0.29, 0.717) is 19.0 Å². The Kier molecular flexibility index (Phi) is 3.84. The molecule has 2 aliphatic carbocycles. The first-order chi connectivity index (χ1) is 10.0. The van der Waals surface area contributed by atoms with Crippen molar-refractivity contribution in [1.82, 2.24) is 10.2 Å². The smallest absolute Gasteiger partial charge is 0.317 e. The lowest BCUT2D eigenvalue weighted by Gasteiger charge is -2.30. The zero-order valence-electron chi connectivity index (χ0n) is 12.8. The fourth-order valence-electron chi connectivity index (χ4n) is 4.62. The van der Waals surface area contributed by atoms with Gasteiger partial charge in [0.1, 0.15) is 0 Å². The van der Waals surface area contributed by atoms with Crippen LogP contribution >= 0.6 is 0 Å². The number of carboxylic acids is 1. The Balaban J connectivity index is 1.60. The van der Waals surface area contributed by atoms with Crippen molar-refractivity contribution in [2.45, 2.75) is 57.9 Å². The Morgan fingerprint density at radius 1 is 1.24 bits per heavy atom. The molecule has 1 heterocycles. The van der Waals surface area contributed by atoms with Crippen LogP contribution in [0.1, 0.15) is 51.9 Å². The van der Waals surface area contributed by atoms with Gasteiger partial charge >= 0.3 is 12.0 Å². The molecule has 0 radical (unpaired) electrons. The number of nitrogens with one attached hydrogen (secondary N) is 1. The molecule has 2 amide bonds. The molecular weight excluding hydrogens is 268 g/mol. The summed E-state index contributed by atoms with van der Waals surface area (Å²) >= 11 is 0. The number of likely N-dealkylation sites (tertiary alicyclic amines) is 1. The van der Waals surface area contributed by atoms with E-state index in [4.69, 9.17) is 0 Å². The highest BCUT2D eigenvalue weighted by Gasteiger charge is 2.55. The minimum Gasteiger partial charge on any atom is -0.481 e. The van der Waals surface area contributed by atoms with Gasteiger partial charge in [0, 0.05) is 19.1 Å². The number of carboxylic acid groups (broad SMARTS) is 1. The van der Waals surface area contributed by atoms with Gasteiger partial charge in [-0.1, -0.05) is 26.2 Å². The molecule has 0 aromatic rings. The Morgan fingerprint density at radius 3 is 2.71 bits per heavy atom. The number of carbonyl (C=O) groups is 2. The van der Waals surface area contributed by atoms with Crippen LogP contribution in [0.5, 0.6) is 0 Å². The van der Waals surface area contributed by atoms with E-state index in [0.717, 1.165) is 32.1 Å². The third-order valence-corrected chi connectivity index (χ3v) is 5.85. The van der Waals surface area contributed by atoms with Crippen LogP contribution in [-0.2, 0) is 4.79 Å². The highest BCUT2D eigenvalue weighted by molar-refractivity contribution is 5.80. The lowest BCUT2D eigenvalue weighted by molar-refractivity contribution is -0.149. The van der Waals surface area contributed by atoms with Gasteiger partial charge in [0.15, 0.2) is 0 Å². The van der Waals surface area contributed by atoms with E-state index in [2.05, 4.69) is 12.2 Å². The summed E-state index contributed by atoms with van der Waals surface area (Å²) in [4.78, 5) is 25.8. The first kappa shape index (κ1) is 14.7. The van der Waals surface area contributed by atoms with E-state index in [9.17, 15) is 14.7 Å². The SMILES string of the molecule is CC1CCCC(NC(=O)N2C[C@@H]3CCC[C@@]3(C(=O)O)C2)C1. The van der Waals surface area contributed by atoms with Gasteiger partial charge < -0.3 is 15.3 Å². The van der Waals surface area contributed by atoms with Gasteiger partial charge in [-0.3, -0.25) is 4.79 Å². The van der Waals surface area contributed by atoms with Crippen molar-refractivity contribution in [2.75, 3.05) is 13.1 Å². The quantitative estimate of drug-likeness (QED) is 0.822. The zero-order chi connectivity index (χ0) is 15.0. The number of nitrogens with zero attached hydrogens (tertiary/aromatic N) is 1. The molecule has 2 unspecified atom stereocenters. The van der Waals surface area contributed by atoms with Crippen molar-refractivity contribution in [3.05, 3.63) is 0 Å². The van der Waals surface area contributed by atoms with E-state index in [1.165, 1.54) is 12.8 Å². The van der Waals surface area contributed by atoms with Gasteiger partial charge in [0.25, 0.3) is 0 Å². The third-order valence-electron chi connectivity index (χ3n) is 5.85. The Hall–Kier alpha value is -1.26. The molecule has 4 atom stereocenters. The van der Waals surface area contributed by atoms with Crippen LogP contribution < -0.4 is 5.32 Å². The van der Waals surface area contributed by atoms with Crippen molar-refractivity contribution < 1.29 is 14.7 Å². The van der Waals surface area contributed by atoms with E-state index in [-0.39, 0.29) is 18.0 Å². The normalized spacial score (nSPS) is 39.1. The Morgan fingerprint density at radius 2 is 2.05 bits per heavy atom. The molecule has 1 saturated heterocycles. The first-order valence-electron chi connectivity index (χ1n) is 8.30. The molecule has 3 fully saturated rings. The first-order valence-corrected chi connectivity index (χ1v) is 8.30. The van der Waals surface area contributed by atoms with Crippen LogP contribution in [-0.4, -0.2) is 41.1 Å². The number of hydrogen-bond donors (Lipinski definition) is 2. The lowest BCUT2D eigenvalue weighted by atomic mass is 9.81. The largest absolute Gasteiger partial charge is 0.481 e. The molecule has 5 nitrogen and oxygen atoms in total. The zero-order valence-corrected chi connectivity index (χ0v) is 12.8. The van der Waals surface area contributed by atoms with Crippen LogP contribution in [0.15, 0.2) is 0 Å². The Labute approximate surface area is 126 Å². The summed E-state index contributed by atoms with van der Waals surface area (Å²) in [6.45, 7) is 3.24. The van der Waals surface area contributed by atoms with Gasteiger partial charge in [-0.15, -0.1) is 0 Å². The third kappa shape index (κ3) is 2.62. The van der Waals surface area contributed by atoms with Crippen molar-refractivity contribution in [3.63, 3.8) is 0 Å². The molecular formula is C16H26N2O3. The maximum Gasteiger partial charge on any atom is 0.317 e. The second kappa shape index (κ2) is 5.50. The lowest BCUT2D eigenvalue weighted by Crippen LogP contribution is -2.46. The number of rotatable bonds is 2. The standard InChI is InChI=1S/C16H26N2O3/c1-11-4-2-6-13(8-11)17-15(21)18-9-12-5-3-7-16(12,10-18)14(19)20/h11-13H,2-10H2,1H3,(H,17,21)(H,19,20)/t11?,12-,13?,16+/m0/s1. The van der Waals surface area contributed by atoms with Crippen LogP contribution in [0, 0.1) is 17.3 Å². The van der Waals surface area contributed by atoms with E-state index < -0.39 is 11.4 Å². The summed E-state index contributed by atoms with van der Waals surface area (Å²) in [5.41, 5.74) is -0.669. The Bertz CT molecular complexity index is 439. The van der Waals surface area contributed by atoms with Crippen LogP contribution in [0.4, 0.5) is 4.79 Å². The topological polar surface area (TPSA) is 69.6 Å². The molecule has 118 valence electrons. The van der Waals surface area contributed by atoms with Gasteiger partial charge in [-0.05, 0) is 37.5 Å². The highest BCUT2D eigenvalue weighted by atomic mass is 16.4. The maximum atomic E-state index is 12.4. The molecule has 0 bridgehead atoms.